The van der Waals surface area contributed by atoms with E-state index in [1.165, 1.54) is 23.3 Å². The van der Waals surface area contributed by atoms with Gasteiger partial charge >= 0.3 is 0 Å². The lowest BCUT2D eigenvalue weighted by Crippen LogP contribution is -2.38. The Balaban J connectivity index is 0.00000161. The SMILES string of the molecule is CC(CC(=O)N1CCc2sccc2C1)C1CCNCC1.Cl. The van der Waals surface area contributed by atoms with Crippen LogP contribution in [0.4, 0.5) is 0 Å². The molecule has 1 amide bonds. The van der Waals surface area contributed by atoms with Crippen molar-refractivity contribution in [3.8, 4) is 0 Å². The van der Waals surface area contributed by atoms with Crippen molar-refractivity contribution in [2.45, 2.75) is 39.2 Å². The maximum Gasteiger partial charge on any atom is 0.223 e. The first-order valence-corrected chi connectivity index (χ1v) is 8.65. The van der Waals surface area contributed by atoms with Crippen LogP contribution in [0, 0.1) is 11.8 Å². The Bertz CT molecular complexity index is 471. The number of halogens is 1. The van der Waals surface area contributed by atoms with Gasteiger partial charge in [0.15, 0.2) is 0 Å². The minimum atomic E-state index is 0. The summed E-state index contributed by atoms with van der Waals surface area (Å²) in [6.45, 7) is 6.23. The van der Waals surface area contributed by atoms with E-state index in [2.05, 4.69) is 28.6 Å². The van der Waals surface area contributed by atoms with E-state index in [9.17, 15) is 4.79 Å². The monoisotopic (exact) mass is 328 g/mol. The van der Waals surface area contributed by atoms with Crippen molar-refractivity contribution in [3.63, 3.8) is 0 Å². The van der Waals surface area contributed by atoms with Crippen molar-refractivity contribution >= 4 is 29.7 Å². The van der Waals surface area contributed by atoms with Gasteiger partial charge in [0.1, 0.15) is 0 Å². The predicted molar refractivity (Wildman–Crippen MR) is 90.1 cm³/mol. The molecule has 1 saturated heterocycles. The van der Waals surface area contributed by atoms with E-state index >= 15 is 0 Å². The van der Waals surface area contributed by atoms with Gasteiger partial charge in [0, 0.05) is 24.4 Å². The topological polar surface area (TPSA) is 32.3 Å². The zero-order valence-electron chi connectivity index (χ0n) is 12.6. The second kappa shape index (κ2) is 7.61. The van der Waals surface area contributed by atoms with E-state index in [0.717, 1.165) is 44.9 Å². The lowest BCUT2D eigenvalue weighted by molar-refractivity contribution is -0.133. The Morgan fingerprint density at radius 1 is 1.48 bits per heavy atom. The smallest absolute Gasteiger partial charge is 0.223 e. The number of piperidine rings is 1. The summed E-state index contributed by atoms with van der Waals surface area (Å²) in [5.41, 5.74) is 1.36. The average molecular weight is 329 g/mol. The second-order valence-electron chi connectivity index (χ2n) is 6.20. The summed E-state index contributed by atoms with van der Waals surface area (Å²) < 4.78 is 0. The summed E-state index contributed by atoms with van der Waals surface area (Å²) in [7, 11) is 0. The summed E-state index contributed by atoms with van der Waals surface area (Å²) in [6.07, 6.45) is 4.22. The first-order chi connectivity index (χ1) is 9.74. The van der Waals surface area contributed by atoms with E-state index in [4.69, 9.17) is 0 Å². The van der Waals surface area contributed by atoms with E-state index in [1.807, 2.05) is 11.3 Å². The van der Waals surface area contributed by atoms with Gasteiger partial charge in [-0.1, -0.05) is 6.92 Å². The van der Waals surface area contributed by atoms with Crippen LogP contribution in [0.3, 0.4) is 0 Å². The standard InChI is InChI=1S/C16H24N2OS.ClH/c1-12(13-2-6-17-7-3-13)10-16(19)18-8-4-15-14(11-18)5-9-20-15;/h5,9,12-13,17H,2-4,6-8,10-11H2,1H3;1H. The van der Waals surface area contributed by atoms with E-state index in [0.29, 0.717) is 11.8 Å². The molecular formula is C16H25ClN2OS. The Hall–Kier alpha value is -0.580. The predicted octanol–water partition coefficient (Wildman–Crippen LogP) is 3.08. The summed E-state index contributed by atoms with van der Waals surface area (Å²) in [5, 5.41) is 5.55. The highest BCUT2D eigenvalue weighted by molar-refractivity contribution is 7.10. The molecule has 21 heavy (non-hydrogen) atoms. The van der Waals surface area contributed by atoms with Crippen LogP contribution >= 0.6 is 23.7 Å². The molecule has 2 aliphatic rings. The number of hydrogen-bond acceptors (Lipinski definition) is 3. The third-order valence-electron chi connectivity index (χ3n) is 4.85. The number of nitrogens with one attached hydrogen (secondary N) is 1. The molecule has 0 aromatic carbocycles. The molecule has 3 nitrogen and oxygen atoms in total. The van der Waals surface area contributed by atoms with Crippen molar-refractivity contribution in [1.29, 1.82) is 0 Å². The fourth-order valence-electron chi connectivity index (χ4n) is 3.45. The number of fused-ring (bicyclic) bond motifs is 1. The molecule has 0 saturated carbocycles. The number of nitrogens with zero attached hydrogens (tertiary/aromatic N) is 1. The Morgan fingerprint density at radius 2 is 2.24 bits per heavy atom. The van der Waals surface area contributed by atoms with Gasteiger partial charge in [-0.2, -0.15) is 0 Å². The van der Waals surface area contributed by atoms with Crippen molar-refractivity contribution < 1.29 is 4.79 Å². The van der Waals surface area contributed by atoms with Crippen LogP contribution in [0.1, 0.15) is 36.6 Å². The van der Waals surface area contributed by atoms with E-state index < -0.39 is 0 Å². The lowest BCUT2D eigenvalue weighted by atomic mass is 9.84. The molecule has 2 aliphatic heterocycles. The molecule has 5 heteroatoms. The molecule has 118 valence electrons. The fourth-order valence-corrected chi connectivity index (χ4v) is 4.34. The van der Waals surface area contributed by atoms with Crippen LogP contribution in [-0.2, 0) is 17.8 Å². The zero-order chi connectivity index (χ0) is 13.9. The molecule has 3 heterocycles. The van der Waals surface area contributed by atoms with Gasteiger partial charge in [0.2, 0.25) is 5.91 Å². The summed E-state index contributed by atoms with van der Waals surface area (Å²) in [5.74, 6) is 1.60. The van der Waals surface area contributed by atoms with Crippen molar-refractivity contribution in [1.82, 2.24) is 10.2 Å². The van der Waals surface area contributed by atoms with Crippen LogP contribution < -0.4 is 5.32 Å². The van der Waals surface area contributed by atoms with Crippen molar-refractivity contribution in [2.75, 3.05) is 19.6 Å². The molecule has 0 spiro atoms. The molecule has 1 N–H and O–H groups in total. The third-order valence-corrected chi connectivity index (χ3v) is 5.87. The Labute approximate surface area is 137 Å². The summed E-state index contributed by atoms with van der Waals surface area (Å²) in [6, 6.07) is 2.18. The summed E-state index contributed by atoms with van der Waals surface area (Å²) in [4.78, 5) is 16.0. The minimum absolute atomic E-state index is 0. The highest BCUT2D eigenvalue weighted by atomic mass is 35.5. The molecule has 0 aliphatic carbocycles. The van der Waals surface area contributed by atoms with Crippen molar-refractivity contribution in [2.24, 2.45) is 11.8 Å². The van der Waals surface area contributed by atoms with Gasteiger partial charge in [-0.25, -0.2) is 0 Å². The van der Waals surface area contributed by atoms with Crippen LogP contribution in [-0.4, -0.2) is 30.4 Å². The highest BCUT2D eigenvalue weighted by Gasteiger charge is 2.26. The number of carbonyl (C=O) groups excluding carboxylic acids is 1. The molecule has 3 rings (SSSR count). The highest BCUT2D eigenvalue weighted by Crippen LogP contribution is 2.28. The quantitative estimate of drug-likeness (QED) is 0.924. The summed E-state index contributed by atoms with van der Waals surface area (Å²) >= 11 is 1.83. The Morgan fingerprint density at radius 3 is 3.00 bits per heavy atom. The van der Waals surface area contributed by atoms with Crippen LogP contribution in [0.2, 0.25) is 0 Å². The maximum atomic E-state index is 12.5. The molecular weight excluding hydrogens is 304 g/mol. The molecule has 0 bridgehead atoms. The fraction of sp³-hybridized carbons (Fsp3) is 0.688. The molecule has 1 unspecified atom stereocenters. The molecule has 1 atom stereocenters. The number of thiophene rings is 1. The van der Waals surface area contributed by atoms with Crippen molar-refractivity contribution in [3.05, 3.63) is 21.9 Å². The number of hydrogen-bond donors (Lipinski definition) is 1. The molecule has 1 aromatic rings. The normalized spacial score (nSPS) is 20.5. The average Bonchev–Trinajstić information content (AvgIpc) is 2.95. The molecule has 1 aromatic heterocycles. The van der Waals surface area contributed by atoms with Gasteiger partial charge in [0.25, 0.3) is 0 Å². The third kappa shape index (κ3) is 3.99. The lowest BCUT2D eigenvalue weighted by Gasteiger charge is -2.31. The van der Waals surface area contributed by atoms with Gasteiger partial charge in [-0.3, -0.25) is 4.79 Å². The van der Waals surface area contributed by atoms with Gasteiger partial charge in [-0.05, 0) is 61.2 Å². The molecule has 1 fully saturated rings. The maximum absolute atomic E-state index is 12.5. The second-order valence-corrected chi connectivity index (χ2v) is 7.20. The van der Waals surface area contributed by atoms with E-state index in [1.54, 1.807) is 0 Å². The van der Waals surface area contributed by atoms with Gasteiger partial charge in [0.05, 0.1) is 0 Å². The molecule has 0 radical (unpaired) electrons. The van der Waals surface area contributed by atoms with Gasteiger partial charge < -0.3 is 10.2 Å². The van der Waals surface area contributed by atoms with Crippen LogP contribution in [0.15, 0.2) is 11.4 Å². The largest absolute Gasteiger partial charge is 0.338 e. The number of rotatable bonds is 3. The van der Waals surface area contributed by atoms with Crippen LogP contribution in [0.25, 0.3) is 0 Å². The minimum Gasteiger partial charge on any atom is -0.338 e. The first-order valence-electron chi connectivity index (χ1n) is 7.78. The van der Waals surface area contributed by atoms with Crippen LogP contribution in [0.5, 0.6) is 0 Å². The van der Waals surface area contributed by atoms with Gasteiger partial charge in [-0.15, -0.1) is 23.7 Å². The first kappa shape index (κ1) is 16.8. The number of amides is 1. The Kier molecular flexibility index (Phi) is 6.08. The number of carbonyl (C=O) groups is 1. The zero-order valence-corrected chi connectivity index (χ0v) is 14.3. The van der Waals surface area contributed by atoms with E-state index in [-0.39, 0.29) is 12.4 Å².